The fourth-order valence-electron chi connectivity index (χ4n) is 2.98. The van der Waals surface area contributed by atoms with Crippen LogP contribution < -0.4 is 21.1 Å². The van der Waals surface area contributed by atoms with E-state index in [9.17, 15) is 4.79 Å². The first-order valence-electron chi connectivity index (χ1n) is 8.38. The number of rotatable bonds is 3. The highest BCUT2D eigenvalue weighted by Gasteiger charge is 2.18. The smallest absolute Gasteiger partial charge is 0.257 e. The summed E-state index contributed by atoms with van der Waals surface area (Å²) in [7, 11) is 0. The molecule has 6 heteroatoms. The average molecular weight is 354 g/mol. The van der Waals surface area contributed by atoms with Gasteiger partial charge in [0.2, 0.25) is 0 Å². The second-order valence-electron chi connectivity index (χ2n) is 6.10. The van der Waals surface area contributed by atoms with Crippen LogP contribution in [0.5, 0.6) is 0 Å². The first kappa shape index (κ1) is 17.2. The number of hydrogen-bond acceptors (Lipinski definition) is 3. The molecule has 0 aromatic heterocycles. The molecule has 3 N–H and O–H groups in total. The van der Waals surface area contributed by atoms with Crippen LogP contribution in [0.3, 0.4) is 0 Å². The topological polar surface area (TPSA) is 56.4 Å². The Morgan fingerprint density at radius 3 is 2.72 bits per heavy atom. The first-order valence-corrected chi connectivity index (χ1v) is 8.78. The van der Waals surface area contributed by atoms with Gasteiger partial charge >= 0.3 is 0 Å². The summed E-state index contributed by atoms with van der Waals surface area (Å²) in [6.45, 7) is 3.19. The minimum Gasteiger partial charge on any atom is -0.362 e. The first-order chi connectivity index (χ1) is 12.1. The highest BCUT2D eigenvalue weighted by atomic mass is 32.1. The number of nitrogens with zero attached hydrogens (tertiary/aromatic N) is 1. The van der Waals surface area contributed by atoms with Crippen molar-refractivity contribution < 1.29 is 4.79 Å². The third kappa shape index (κ3) is 4.48. The van der Waals surface area contributed by atoms with E-state index in [1.54, 1.807) is 0 Å². The van der Waals surface area contributed by atoms with E-state index in [1.807, 2.05) is 43.3 Å². The van der Waals surface area contributed by atoms with Crippen molar-refractivity contribution in [1.29, 1.82) is 0 Å². The van der Waals surface area contributed by atoms with Crippen molar-refractivity contribution in [2.24, 2.45) is 0 Å². The van der Waals surface area contributed by atoms with Crippen LogP contribution in [-0.2, 0) is 11.2 Å². The molecule has 130 valence electrons. The molecule has 0 aliphatic carbocycles. The molecule has 0 radical (unpaired) electrons. The second kappa shape index (κ2) is 7.98. The molecule has 3 rings (SSSR count). The molecule has 1 aliphatic heterocycles. The van der Waals surface area contributed by atoms with E-state index < -0.39 is 0 Å². The molecule has 0 saturated carbocycles. The summed E-state index contributed by atoms with van der Waals surface area (Å²) in [4.78, 5) is 14.3. The van der Waals surface area contributed by atoms with Crippen molar-refractivity contribution in [2.45, 2.75) is 19.8 Å². The predicted octanol–water partition coefficient (Wildman–Crippen LogP) is 2.77. The number of thiocarbonyl (C=S) groups is 1. The van der Waals surface area contributed by atoms with Crippen LogP contribution >= 0.6 is 12.2 Å². The third-order valence-electron chi connectivity index (χ3n) is 4.25. The number of fused-ring (bicyclic) bond motifs is 1. The Kier molecular flexibility index (Phi) is 5.50. The number of hydrazine groups is 1. The van der Waals surface area contributed by atoms with Crippen molar-refractivity contribution in [1.82, 2.24) is 10.9 Å². The van der Waals surface area contributed by atoms with Crippen molar-refractivity contribution in [2.75, 3.05) is 23.3 Å². The van der Waals surface area contributed by atoms with Crippen molar-refractivity contribution >= 4 is 34.6 Å². The number of carbonyl (C=O) groups excluding carboxylic acids is 1. The van der Waals surface area contributed by atoms with E-state index in [0.29, 0.717) is 11.7 Å². The number of anilines is 2. The summed E-state index contributed by atoms with van der Waals surface area (Å²) >= 11 is 5.23. The summed E-state index contributed by atoms with van der Waals surface area (Å²) < 4.78 is 0. The lowest BCUT2D eigenvalue weighted by atomic mass is 10.0. The molecule has 1 aliphatic rings. The molecule has 0 unspecified atom stereocenters. The predicted molar refractivity (Wildman–Crippen MR) is 106 cm³/mol. The van der Waals surface area contributed by atoms with Crippen molar-refractivity contribution in [3.05, 3.63) is 59.7 Å². The normalized spacial score (nSPS) is 12.9. The Hall–Kier alpha value is -2.60. The van der Waals surface area contributed by atoms with E-state index in [2.05, 4.69) is 33.2 Å². The highest BCUT2D eigenvalue weighted by molar-refractivity contribution is 7.80. The molecule has 0 saturated heterocycles. The van der Waals surface area contributed by atoms with Gasteiger partial charge in [-0.25, -0.2) is 0 Å². The zero-order chi connectivity index (χ0) is 17.6. The molecule has 2 aromatic carbocycles. The molecule has 0 atom stereocenters. The maximum atomic E-state index is 12.2. The summed E-state index contributed by atoms with van der Waals surface area (Å²) in [5, 5.41) is 3.44. The summed E-state index contributed by atoms with van der Waals surface area (Å²) in [6.07, 6.45) is 2.13. The van der Waals surface area contributed by atoms with Gasteiger partial charge in [0.15, 0.2) is 5.11 Å². The van der Waals surface area contributed by atoms with Gasteiger partial charge in [-0.2, -0.15) is 0 Å². The Morgan fingerprint density at radius 1 is 1.12 bits per heavy atom. The Labute approximate surface area is 153 Å². The lowest BCUT2D eigenvalue weighted by Crippen LogP contribution is -2.48. The van der Waals surface area contributed by atoms with Crippen LogP contribution in [0.2, 0.25) is 0 Å². The molecule has 25 heavy (non-hydrogen) atoms. The molecule has 1 heterocycles. The Morgan fingerprint density at radius 2 is 1.88 bits per heavy atom. The Balaban J connectivity index is 1.50. The summed E-state index contributed by atoms with van der Waals surface area (Å²) in [6, 6.07) is 16.1. The number of aryl methyl sites for hydroxylation is 2. The number of para-hydroxylation sites is 2. The van der Waals surface area contributed by atoms with Crippen molar-refractivity contribution in [3.63, 3.8) is 0 Å². The van der Waals surface area contributed by atoms with Gasteiger partial charge < -0.3 is 10.2 Å². The molecule has 0 spiro atoms. The summed E-state index contributed by atoms with van der Waals surface area (Å²) in [5.74, 6) is -0.120. The zero-order valence-electron chi connectivity index (χ0n) is 14.2. The second-order valence-corrected chi connectivity index (χ2v) is 6.50. The van der Waals surface area contributed by atoms with E-state index >= 15 is 0 Å². The minimum atomic E-state index is -0.120. The lowest BCUT2D eigenvalue weighted by Gasteiger charge is -2.30. The maximum Gasteiger partial charge on any atom is 0.257 e. The number of nitrogens with one attached hydrogen (secondary N) is 3. The molecule has 0 fully saturated rings. The van der Waals surface area contributed by atoms with Crippen LogP contribution in [0.15, 0.2) is 48.5 Å². The van der Waals surface area contributed by atoms with Crippen LogP contribution in [0.1, 0.15) is 17.5 Å². The number of benzene rings is 2. The number of hydrogen-bond donors (Lipinski definition) is 3. The van der Waals surface area contributed by atoms with Crippen LogP contribution in [0.4, 0.5) is 11.4 Å². The summed E-state index contributed by atoms with van der Waals surface area (Å²) in [5.41, 5.74) is 9.87. The van der Waals surface area contributed by atoms with Crippen LogP contribution in [0, 0.1) is 6.92 Å². The van der Waals surface area contributed by atoms with Gasteiger partial charge in [0, 0.05) is 17.9 Å². The van der Waals surface area contributed by atoms with Gasteiger partial charge in [-0.15, -0.1) is 0 Å². The molecular weight excluding hydrogens is 332 g/mol. The van der Waals surface area contributed by atoms with Gasteiger partial charge in [-0.3, -0.25) is 15.6 Å². The largest absolute Gasteiger partial charge is 0.362 e. The van der Waals surface area contributed by atoms with Crippen LogP contribution in [0.25, 0.3) is 0 Å². The number of amides is 1. The van der Waals surface area contributed by atoms with E-state index in [0.717, 1.165) is 36.3 Å². The standard InChI is InChI=1S/C19H22N4OS/c1-14-7-2-4-10-16(14)20-19(25)22-21-18(24)13-23-12-6-9-15-8-3-5-11-17(15)23/h2-5,7-8,10-11H,6,9,12-13H2,1H3,(H,21,24)(H2,20,22,25). The monoisotopic (exact) mass is 354 g/mol. The van der Waals surface area contributed by atoms with Gasteiger partial charge in [0.1, 0.15) is 0 Å². The fourth-order valence-corrected chi connectivity index (χ4v) is 3.14. The molecule has 5 nitrogen and oxygen atoms in total. The van der Waals surface area contributed by atoms with E-state index in [-0.39, 0.29) is 5.91 Å². The fraction of sp³-hybridized carbons (Fsp3) is 0.263. The molecule has 0 bridgehead atoms. The molecule has 1 amide bonds. The van der Waals surface area contributed by atoms with E-state index in [4.69, 9.17) is 12.2 Å². The highest BCUT2D eigenvalue weighted by Crippen LogP contribution is 2.26. The minimum absolute atomic E-state index is 0.120. The molecule has 2 aromatic rings. The van der Waals surface area contributed by atoms with Gasteiger partial charge in [-0.05, 0) is 55.2 Å². The maximum absolute atomic E-state index is 12.2. The van der Waals surface area contributed by atoms with Gasteiger partial charge in [-0.1, -0.05) is 36.4 Å². The third-order valence-corrected chi connectivity index (χ3v) is 4.45. The lowest BCUT2D eigenvalue weighted by molar-refractivity contribution is -0.120. The quantitative estimate of drug-likeness (QED) is 0.585. The number of carbonyl (C=O) groups is 1. The van der Waals surface area contributed by atoms with Crippen molar-refractivity contribution in [3.8, 4) is 0 Å². The van der Waals surface area contributed by atoms with Crippen LogP contribution in [-0.4, -0.2) is 24.1 Å². The SMILES string of the molecule is Cc1ccccc1NC(=S)NNC(=O)CN1CCCc2ccccc21. The molecular formula is C19H22N4OS. The van der Waals surface area contributed by atoms with Gasteiger partial charge in [0.25, 0.3) is 5.91 Å². The Bertz CT molecular complexity index is 778. The van der Waals surface area contributed by atoms with E-state index in [1.165, 1.54) is 5.56 Å². The average Bonchev–Trinajstić information content (AvgIpc) is 2.62. The zero-order valence-corrected chi connectivity index (χ0v) is 15.0. The van der Waals surface area contributed by atoms with Gasteiger partial charge in [0.05, 0.1) is 6.54 Å².